The first-order valence-electron chi connectivity index (χ1n) is 10.6. The van der Waals surface area contributed by atoms with E-state index in [9.17, 15) is 4.79 Å². The van der Waals surface area contributed by atoms with E-state index in [0.29, 0.717) is 19.0 Å². The summed E-state index contributed by atoms with van der Waals surface area (Å²) in [6.45, 7) is 6.13. The molecule has 164 valence electrons. The Morgan fingerprint density at radius 1 is 1.21 bits per heavy atom. The van der Waals surface area contributed by atoms with Crippen molar-refractivity contribution >= 4 is 35.8 Å². The van der Waals surface area contributed by atoms with Crippen LogP contribution in [0.4, 0.5) is 0 Å². The maximum absolute atomic E-state index is 12.1. The molecule has 0 aliphatic heterocycles. The zero-order valence-electron chi connectivity index (χ0n) is 18.1. The predicted molar refractivity (Wildman–Crippen MR) is 130 cm³/mol. The zero-order valence-corrected chi connectivity index (χ0v) is 20.4. The van der Waals surface area contributed by atoms with Gasteiger partial charge >= 0.3 is 0 Å². The molecular weight excluding hydrogens is 479 g/mol. The summed E-state index contributed by atoms with van der Waals surface area (Å²) in [5.74, 6) is 1.78. The number of hydrogen-bond donors (Lipinski definition) is 3. The Morgan fingerprint density at radius 3 is 2.66 bits per heavy atom. The highest BCUT2D eigenvalue weighted by atomic mass is 127. The van der Waals surface area contributed by atoms with Gasteiger partial charge in [0.05, 0.1) is 13.7 Å². The van der Waals surface area contributed by atoms with Crippen LogP contribution in [-0.4, -0.2) is 44.7 Å². The van der Waals surface area contributed by atoms with E-state index in [1.807, 2.05) is 13.8 Å². The van der Waals surface area contributed by atoms with Gasteiger partial charge in [0.1, 0.15) is 5.75 Å². The van der Waals surface area contributed by atoms with Crippen molar-refractivity contribution in [2.45, 2.75) is 64.8 Å². The van der Waals surface area contributed by atoms with Crippen molar-refractivity contribution in [3.05, 3.63) is 29.3 Å². The molecule has 1 aliphatic carbocycles. The number of amides is 1. The summed E-state index contributed by atoms with van der Waals surface area (Å²) >= 11 is 0. The number of rotatable bonds is 9. The molecule has 0 heterocycles. The fourth-order valence-electron chi connectivity index (χ4n) is 3.50. The van der Waals surface area contributed by atoms with Crippen LogP contribution in [0.3, 0.4) is 0 Å². The van der Waals surface area contributed by atoms with Crippen LogP contribution in [0.5, 0.6) is 5.75 Å². The van der Waals surface area contributed by atoms with E-state index in [1.54, 1.807) is 7.11 Å². The number of aryl methyl sites for hydroxylation is 1. The number of carbonyl (C=O) groups excluding carboxylic acids is 1. The number of ether oxygens (including phenoxy) is 1. The Kier molecular flexibility index (Phi) is 12.7. The zero-order chi connectivity index (χ0) is 20.2. The molecule has 2 rings (SSSR count). The monoisotopic (exact) mass is 516 g/mol. The van der Waals surface area contributed by atoms with Gasteiger partial charge in [-0.15, -0.1) is 24.0 Å². The SMILES string of the molecule is CCNC(=NCCC(=O)NC1CCCCC1)NCCc1ccc(C)c(OC)c1.I. The number of hydrogen-bond acceptors (Lipinski definition) is 3. The molecule has 3 N–H and O–H groups in total. The molecule has 1 saturated carbocycles. The average molecular weight is 516 g/mol. The number of nitrogens with one attached hydrogen (secondary N) is 3. The third-order valence-electron chi connectivity index (χ3n) is 5.10. The first-order chi connectivity index (χ1) is 13.6. The Bertz CT molecular complexity index is 646. The molecule has 1 aromatic carbocycles. The van der Waals surface area contributed by atoms with E-state index in [-0.39, 0.29) is 29.9 Å². The van der Waals surface area contributed by atoms with Crippen LogP contribution in [0, 0.1) is 6.92 Å². The van der Waals surface area contributed by atoms with Gasteiger partial charge in [0.25, 0.3) is 0 Å². The number of aliphatic imine (C=N–C) groups is 1. The van der Waals surface area contributed by atoms with Gasteiger partial charge in [0.2, 0.25) is 5.91 Å². The lowest BCUT2D eigenvalue weighted by molar-refractivity contribution is -0.121. The smallest absolute Gasteiger partial charge is 0.222 e. The van der Waals surface area contributed by atoms with Crippen LogP contribution in [0.1, 0.15) is 56.6 Å². The summed E-state index contributed by atoms with van der Waals surface area (Å²) < 4.78 is 5.39. The van der Waals surface area contributed by atoms with Gasteiger partial charge in [-0.2, -0.15) is 0 Å². The number of nitrogens with zero attached hydrogens (tertiary/aromatic N) is 1. The van der Waals surface area contributed by atoms with E-state index in [1.165, 1.54) is 24.8 Å². The number of methoxy groups -OCH3 is 1. The lowest BCUT2D eigenvalue weighted by Crippen LogP contribution is -2.39. The van der Waals surface area contributed by atoms with Crippen molar-refractivity contribution in [3.8, 4) is 5.75 Å². The number of benzene rings is 1. The minimum absolute atomic E-state index is 0. The predicted octanol–water partition coefficient (Wildman–Crippen LogP) is 3.56. The van der Waals surface area contributed by atoms with Gasteiger partial charge in [-0.1, -0.05) is 31.4 Å². The summed E-state index contributed by atoms with van der Waals surface area (Å²) in [4.78, 5) is 16.6. The molecule has 6 nitrogen and oxygen atoms in total. The third-order valence-corrected chi connectivity index (χ3v) is 5.10. The molecule has 0 atom stereocenters. The Morgan fingerprint density at radius 2 is 1.97 bits per heavy atom. The highest BCUT2D eigenvalue weighted by Crippen LogP contribution is 2.19. The third kappa shape index (κ3) is 9.69. The van der Waals surface area contributed by atoms with Gasteiger partial charge in [-0.05, 0) is 50.3 Å². The van der Waals surface area contributed by atoms with Gasteiger partial charge in [0.15, 0.2) is 5.96 Å². The van der Waals surface area contributed by atoms with E-state index in [2.05, 4.69) is 39.1 Å². The van der Waals surface area contributed by atoms with Crippen LogP contribution in [0.25, 0.3) is 0 Å². The van der Waals surface area contributed by atoms with Crippen LogP contribution in [0.15, 0.2) is 23.2 Å². The largest absolute Gasteiger partial charge is 0.496 e. The summed E-state index contributed by atoms with van der Waals surface area (Å²) in [5, 5.41) is 9.72. The van der Waals surface area contributed by atoms with Crippen molar-refractivity contribution in [1.29, 1.82) is 0 Å². The average Bonchev–Trinajstić information content (AvgIpc) is 2.70. The molecular formula is C22H37IN4O2. The van der Waals surface area contributed by atoms with Crippen molar-refractivity contribution in [3.63, 3.8) is 0 Å². The number of guanidine groups is 1. The molecule has 0 spiro atoms. The quantitative estimate of drug-likeness (QED) is 0.267. The lowest BCUT2D eigenvalue weighted by Gasteiger charge is -2.22. The topological polar surface area (TPSA) is 74.8 Å². The van der Waals surface area contributed by atoms with Crippen molar-refractivity contribution in [2.75, 3.05) is 26.7 Å². The maximum Gasteiger partial charge on any atom is 0.222 e. The molecule has 1 fully saturated rings. The molecule has 0 aromatic heterocycles. The van der Waals surface area contributed by atoms with Crippen molar-refractivity contribution in [1.82, 2.24) is 16.0 Å². The molecule has 1 aromatic rings. The minimum atomic E-state index is 0. The molecule has 1 amide bonds. The first-order valence-corrected chi connectivity index (χ1v) is 10.6. The molecule has 0 unspecified atom stereocenters. The maximum atomic E-state index is 12.1. The highest BCUT2D eigenvalue weighted by molar-refractivity contribution is 14.0. The summed E-state index contributed by atoms with van der Waals surface area (Å²) in [6, 6.07) is 6.65. The van der Waals surface area contributed by atoms with Gasteiger partial charge in [-0.3, -0.25) is 9.79 Å². The fourth-order valence-corrected chi connectivity index (χ4v) is 3.50. The molecule has 1 aliphatic rings. The number of carbonyl (C=O) groups is 1. The molecule has 0 saturated heterocycles. The first kappa shape index (κ1) is 25.5. The van der Waals surface area contributed by atoms with Gasteiger partial charge in [0, 0.05) is 25.6 Å². The van der Waals surface area contributed by atoms with Gasteiger partial charge < -0.3 is 20.7 Å². The summed E-state index contributed by atoms with van der Waals surface area (Å²) in [7, 11) is 1.70. The molecule has 7 heteroatoms. The van der Waals surface area contributed by atoms with E-state index >= 15 is 0 Å². The second-order valence-corrected chi connectivity index (χ2v) is 7.39. The molecule has 29 heavy (non-hydrogen) atoms. The normalized spacial score (nSPS) is 14.7. The van der Waals surface area contributed by atoms with Crippen LogP contribution >= 0.6 is 24.0 Å². The van der Waals surface area contributed by atoms with Gasteiger partial charge in [-0.25, -0.2) is 0 Å². The van der Waals surface area contributed by atoms with E-state index < -0.39 is 0 Å². The Balaban J connectivity index is 0.00000420. The lowest BCUT2D eigenvalue weighted by atomic mass is 9.95. The Hall–Kier alpha value is -1.51. The molecule has 0 radical (unpaired) electrons. The second-order valence-electron chi connectivity index (χ2n) is 7.39. The Labute approximate surface area is 192 Å². The van der Waals surface area contributed by atoms with Crippen LogP contribution in [0.2, 0.25) is 0 Å². The standard InChI is InChI=1S/C22H36N4O2.HI/c1-4-23-22(24-14-12-18-11-10-17(2)20(16-18)28-3)25-15-13-21(27)26-19-8-6-5-7-9-19;/h10-11,16,19H,4-9,12-15H2,1-3H3,(H,26,27)(H2,23,24,25);1H. The van der Waals surface area contributed by atoms with Crippen LogP contribution < -0.4 is 20.7 Å². The summed E-state index contributed by atoms with van der Waals surface area (Å²) in [5.41, 5.74) is 2.36. The van der Waals surface area contributed by atoms with E-state index in [4.69, 9.17) is 4.74 Å². The highest BCUT2D eigenvalue weighted by Gasteiger charge is 2.15. The van der Waals surface area contributed by atoms with Crippen LogP contribution in [-0.2, 0) is 11.2 Å². The minimum Gasteiger partial charge on any atom is -0.496 e. The fraction of sp³-hybridized carbons (Fsp3) is 0.636. The molecule has 0 bridgehead atoms. The number of halogens is 1. The summed E-state index contributed by atoms with van der Waals surface area (Å²) in [6.07, 6.45) is 7.29. The van der Waals surface area contributed by atoms with E-state index in [0.717, 1.165) is 49.6 Å². The van der Waals surface area contributed by atoms with Crippen molar-refractivity contribution < 1.29 is 9.53 Å². The van der Waals surface area contributed by atoms with Crippen molar-refractivity contribution in [2.24, 2.45) is 4.99 Å². The second kappa shape index (κ2) is 14.5.